The van der Waals surface area contributed by atoms with E-state index < -0.39 is 30.8 Å². The molecule has 114 valence electrons. The molecule has 2 rings (SSSR count). The number of halogens is 1. The highest BCUT2D eigenvalue weighted by Gasteiger charge is 2.35. The van der Waals surface area contributed by atoms with Gasteiger partial charge in [-0.3, -0.25) is 9.69 Å². The Morgan fingerprint density at radius 2 is 1.90 bits per heavy atom. The van der Waals surface area contributed by atoms with Gasteiger partial charge in [0, 0.05) is 10.7 Å². The van der Waals surface area contributed by atoms with Gasteiger partial charge in [0.1, 0.15) is 6.54 Å². The van der Waals surface area contributed by atoms with Crippen molar-refractivity contribution in [2.24, 2.45) is 0 Å². The number of likely N-dealkylation sites (tertiary alicyclic amines) is 1. The maximum atomic E-state index is 12.4. The lowest BCUT2D eigenvalue weighted by Crippen LogP contribution is -2.45. The molecule has 1 fully saturated rings. The average Bonchev–Trinajstić information content (AvgIpc) is 2.75. The lowest BCUT2D eigenvalue weighted by Gasteiger charge is -2.26. The normalized spacial score (nSPS) is 21.4. The first-order chi connectivity index (χ1) is 9.88. The van der Waals surface area contributed by atoms with Gasteiger partial charge in [-0.25, -0.2) is 4.79 Å². The fourth-order valence-corrected chi connectivity index (χ4v) is 2.33. The molecular formula is C13H15ClN2O5. The van der Waals surface area contributed by atoms with Gasteiger partial charge in [-0.05, 0) is 18.2 Å². The number of rotatable bonds is 3. The zero-order valence-electron chi connectivity index (χ0n) is 11.0. The van der Waals surface area contributed by atoms with Crippen LogP contribution in [0.1, 0.15) is 0 Å². The monoisotopic (exact) mass is 314 g/mol. The van der Waals surface area contributed by atoms with Crippen LogP contribution in [0.15, 0.2) is 24.3 Å². The fraction of sp³-hybridized carbons (Fsp3) is 0.385. The van der Waals surface area contributed by atoms with Gasteiger partial charge < -0.3 is 20.2 Å². The second-order valence-corrected chi connectivity index (χ2v) is 5.22. The largest absolute Gasteiger partial charge is 0.480 e. The molecule has 7 nitrogen and oxygen atoms in total. The summed E-state index contributed by atoms with van der Waals surface area (Å²) in [4.78, 5) is 25.6. The Morgan fingerprint density at radius 1 is 1.29 bits per heavy atom. The lowest BCUT2D eigenvalue weighted by molar-refractivity contribution is -0.135. The molecule has 0 bridgehead atoms. The number of carboxylic acid groups (broad SMARTS) is 1. The molecule has 1 aliphatic rings. The van der Waals surface area contributed by atoms with E-state index in [1.165, 1.54) is 11.0 Å². The minimum absolute atomic E-state index is 0.0450. The van der Waals surface area contributed by atoms with Gasteiger partial charge in [0.2, 0.25) is 0 Å². The van der Waals surface area contributed by atoms with Crippen LogP contribution in [0.5, 0.6) is 0 Å². The Kier molecular flexibility index (Phi) is 4.66. The SMILES string of the molecule is O=C(O)CN(C(=O)N1CC(O)C(O)C1)c1cccc(Cl)c1. The number of aliphatic hydroxyl groups is 2. The van der Waals surface area contributed by atoms with E-state index in [9.17, 15) is 19.8 Å². The Labute approximate surface area is 126 Å². The molecule has 1 saturated heterocycles. The third-order valence-corrected chi connectivity index (χ3v) is 3.41. The number of hydrogen-bond acceptors (Lipinski definition) is 4. The molecule has 21 heavy (non-hydrogen) atoms. The highest BCUT2D eigenvalue weighted by molar-refractivity contribution is 6.30. The van der Waals surface area contributed by atoms with Crippen LogP contribution in [0.3, 0.4) is 0 Å². The van der Waals surface area contributed by atoms with Crippen molar-refractivity contribution >= 4 is 29.3 Å². The quantitative estimate of drug-likeness (QED) is 0.749. The maximum Gasteiger partial charge on any atom is 0.325 e. The number of carboxylic acids is 1. The van der Waals surface area contributed by atoms with E-state index in [0.717, 1.165) is 4.90 Å². The predicted octanol–water partition coefficient (Wildman–Crippen LogP) is 0.388. The number of carbonyl (C=O) groups excluding carboxylic acids is 1. The molecule has 8 heteroatoms. The summed E-state index contributed by atoms with van der Waals surface area (Å²) in [6, 6.07) is 5.65. The van der Waals surface area contributed by atoms with E-state index >= 15 is 0 Å². The number of benzene rings is 1. The summed E-state index contributed by atoms with van der Waals surface area (Å²) in [6.45, 7) is -0.630. The molecular weight excluding hydrogens is 300 g/mol. The summed E-state index contributed by atoms with van der Waals surface area (Å²) in [6.07, 6.45) is -2.06. The maximum absolute atomic E-state index is 12.4. The first-order valence-electron chi connectivity index (χ1n) is 6.28. The topological polar surface area (TPSA) is 101 Å². The number of hydrogen-bond donors (Lipinski definition) is 3. The molecule has 0 aromatic heterocycles. The van der Waals surface area contributed by atoms with Gasteiger partial charge in [-0.2, -0.15) is 0 Å². The fourth-order valence-electron chi connectivity index (χ4n) is 2.15. The summed E-state index contributed by atoms with van der Waals surface area (Å²) < 4.78 is 0. The van der Waals surface area contributed by atoms with Gasteiger partial charge in [-0.15, -0.1) is 0 Å². The van der Waals surface area contributed by atoms with E-state index in [0.29, 0.717) is 10.7 Å². The minimum Gasteiger partial charge on any atom is -0.480 e. The van der Waals surface area contributed by atoms with Crippen LogP contribution < -0.4 is 4.90 Å². The summed E-state index contributed by atoms with van der Waals surface area (Å²) in [5.74, 6) is -1.18. The molecule has 1 heterocycles. The molecule has 1 aromatic carbocycles. The Hall–Kier alpha value is -1.83. The number of carbonyl (C=O) groups is 2. The van der Waals surface area contributed by atoms with E-state index in [2.05, 4.69) is 0 Å². The Balaban J connectivity index is 2.24. The van der Waals surface area contributed by atoms with Crippen LogP contribution in [0.2, 0.25) is 5.02 Å². The van der Waals surface area contributed by atoms with E-state index in [1.807, 2.05) is 0 Å². The van der Waals surface area contributed by atoms with Crippen LogP contribution >= 0.6 is 11.6 Å². The van der Waals surface area contributed by atoms with Crippen molar-refractivity contribution in [2.75, 3.05) is 24.5 Å². The second kappa shape index (κ2) is 6.30. The lowest BCUT2D eigenvalue weighted by atomic mass is 10.3. The molecule has 2 unspecified atom stereocenters. The van der Waals surface area contributed by atoms with Crippen LogP contribution in [0.25, 0.3) is 0 Å². The van der Waals surface area contributed by atoms with Crippen LogP contribution in [-0.4, -0.2) is 64.1 Å². The zero-order chi connectivity index (χ0) is 15.6. The van der Waals surface area contributed by atoms with E-state index in [-0.39, 0.29) is 13.1 Å². The third-order valence-electron chi connectivity index (χ3n) is 3.17. The van der Waals surface area contributed by atoms with Gasteiger partial charge in [0.25, 0.3) is 0 Å². The van der Waals surface area contributed by atoms with Gasteiger partial charge in [-0.1, -0.05) is 17.7 Å². The first-order valence-corrected chi connectivity index (χ1v) is 6.66. The number of aliphatic carboxylic acids is 1. The predicted molar refractivity (Wildman–Crippen MR) is 75.4 cm³/mol. The van der Waals surface area contributed by atoms with Crippen LogP contribution in [-0.2, 0) is 4.79 Å². The summed E-state index contributed by atoms with van der Waals surface area (Å²) in [5.41, 5.74) is 0.339. The zero-order valence-corrected chi connectivity index (χ0v) is 11.8. The number of amides is 2. The molecule has 0 spiro atoms. The smallest absolute Gasteiger partial charge is 0.325 e. The van der Waals surface area contributed by atoms with Crippen molar-refractivity contribution in [2.45, 2.75) is 12.2 Å². The summed E-state index contributed by atoms with van der Waals surface area (Å²) in [5, 5.41) is 28.3. The number of nitrogens with zero attached hydrogens (tertiary/aromatic N) is 2. The summed E-state index contributed by atoms with van der Waals surface area (Å²) >= 11 is 5.86. The van der Waals surface area contributed by atoms with Crippen molar-refractivity contribution in [3.05, 3.63) is 29.3 Å². The number of anilines is 1. The van der Waals surface area contributed by atoms with Gasteiger partial charge in [0.05, 0.1) is 25.3 Å². The molecule has 2 amide bonds. The van der Waals surface area contributed by atoms with E-state index in [4.69, 9.17) is 16.7 Å². The molecule has 1 aromatic rings. The molecule has 0 radical (unpaired) electrons. The van der Waals surface area contributed by atoms with Crippen LogP contribution in [0.4, 0.5) is 10.5 Å². The molecule has 0 saturated carbocycles. The average molecular weight is 315 g/mol. The Morgan fingerprint density at radius 3 is 2.43 bits per heavy atom. The third kappa shape index (κ3) is 3.63. The molecule has 2 atom stereocenters. The van der Waals surface area contributed by atoms with Crippen molar-refractivity contribution < 1.29 is 24.9 Å². The van der Waals surface area contributed by atoms with Crippen LogP contribution in [0, 0.1) is 0 Å². The minimum atomic E-state index is -1.18. The first kappa shape index (κ1) is 15.6. The standard InChI is InChI=1S/C13H15ClN2O5/c14-8-2-1-3-9(4-8)16(7-12(19)20)13(21)15-5-10(17)11(18)6-15/h1-4,10-11,17-18H,5-7H2,(H,19,20). The van der Waals surface area contributed by atoms with Crippen molar-refractivity contribution in [1.82, 2.24) is 4.90 Å². The molecule has 0 aliphatic carbocycles. The van der Waals surface area contributed by atoms with Crippen molar-refractivity contribution in [3.63, 3.8) is 0 Å². The highest BCUT2D eigenvalue weighted by Crippen LogP contribution is 2.22. The number of β-amino-alcohol motifs (C(OH)–C–C–N with tert-alkyl or cyclic N) is 2. The summed E-state index contributed by atoms with van der Waals surface area (Å²) in [7, 11) is 0. The molecule has 3 N–H and O–H groups in total. The van der Waals surface area contributed by atoms with Crippen molar-refractivity contribution in [3.8, 4) is 0 Å². The molecule has 1 aliphatic heterocycles. The Bertz CT molecular complexity index is 543. The highest BCUT2D eigenvalue weighted by atomic mass is 35.5. The second-order valence-electron chi connectivity index (χ2n) is 4.78. The van der Waals surface area contributed by atoms with Gasteiger partial charge >= 0.3 is 12.0 Å². The van der Waals surface area contributed by atoms with E-state index in [1.54, 1.807) is 18.2 Å². The number of aliphatic hydroxyl groups excluding tert-OH is 2. The van der Waals surface area contributed by atoms with Gasteiger partial charge in [0.15, 0.2) is 0 Å². The van der Waals surface area contributed by atoms with Crippen molar-refractivity contribution in [1.29, 1.82) is 0 Å². The number of urea groups is 1.